The Morgan fingerprint density at radius 3 is 2.85 bits per heavy atom. The van der Waals surface area contributed by atoms with Crippen LogP contribution in [0.2, 0.25) is 0 Å². The number of rotatable bonds is 2. The van der Waals surface area contributed by atoms with E-state index in [2.05, 4.69) is 9.59 Å². The summed E-state index contributed by atoms with van der Waals surface area (Å²) in [5.74, 6) is -0.0149. The Bertz CT molecular complexity index is 481. The minimum Gasteiger partial charge on any atom is -0.373 e. The zero-order valence-corrected chi connectivity index (χ0v) is 13.2. The molecule has 7 heteroatoms. The van der Waals surface area contributed by atoms with Crippen molar-refractivity contribution in [1.29, 1.82) is 0 Å². The maximum Gasteiger partial charge on any atom is 0.267 e. The third-order valence-electron chi connectivity index (χ3n) is 3.36. The van der Waals surface area contributed by atoms with Gasteiger partial charge in [-0.1, -0.05) is 25.3 Å². The third-order valence-corrected chi connectivity index (χ3v) is 4.07. The molecule has 0 spiro atoms. The highest BCUT2D eigenvalue weighted by Gasteiger charge is 2.32. The molecule has 2 rings (SSSR count). The molecule has 0 saturated carbocycles. The zero-order chi connectivity index (χ0) is 14.9. The molecule has 0 bridgehead atoms. The summed E-state index contributed by atoms with van der Waals surface area (Å²) in [6, 6.07) is -0.0905. The van der Waals surface area contributed by atoms with Gasteiger partial charge in [0.15, 0.2) is 0 Å². The summed E-state index contributed by atoms with van der Waals surface area (Å²) in [6.45, 7) is 9.63. The number of carbonyl (C=O) groups is 1. The first-order chi connectivity index (χ1) is 9.30. The van der Waals surface area contributed by atoms with Gasteiger partial charge in [0, 0.05) is 24.5 Å². The van der Waals surface area contributed by atoms with Gasteiger partial charge in [-0.25, -0.2) is 0 Å². The summed E-state index contributed by atoms with van der Waals surface area (Å²) in [4.78, 5) is 15.1. The molecular formula is C13H22N4O2S. The fourth-order valence-electron chi connectivity index (χ4n) is 2.14. The molecule has 6 nitrogen and oxygen atoms in total. The maximum absolute atomic E-state index is 12.7. The van der Waals surface area contributed by atoms with Gasteiger partial charge in [-0.05, 0) is 18.5 Å². The molecule has 112 valence electrons. The van der Waals surface area contributed by atoms with Crippen LogP contribution in [0.25, 0.3) is 0 Å². The van der Waals surface area contributed by atoms with E-state index in [9.17, 15) is 4.79 Å². The van der Waals surface area contributed by atoms with Crippen molar-refractivity contribution in [3.8, 4) is 0 Å². The van der Waals surface area contributed by atoms with Crippen LogP contribution < -0.4 is 5.73 Å². The van der Waals surface area contributed by atoms with Crippen molar-refractivity contribution in [3.63, 3.8) is 0 Å². The number of morpholine rings is 1. The van der Waals surface area contributed by atoms with Gasteiger partial charge in [-0.15, -0.1) is 5.10 Å². The van der Waals surface area contributed by atoms with Crippen LogP contribution in [-0.4, -0.2) is 52.2 Å². The summed E-state index contributed by atoms with van der Waals surface area (Å²) in [6.07, 6.45) is -0.105. The second-order valence-corrected chi connectivity index (χ2v) is 6.97. The van der Waals surface area contributed by atoms with E-state index in [1.165, 1.54) is 0 Å². The maximum atomic E-state index is 12.7. The van der Waals surface area contributed by atoms with Crippen molar-refractivity contribution in [2.24, 2.45) is 5.73 Å². The van der Waals surface area contributed by atoms with Gasteiger partial charge in [0.05, 0.1) is 18.4 Å². The summed E-state index contributed by atoms with van der Waals surface area (Å²) >= 11 is 1.16. The lowest BCUT2D eigenvalue weighted by atomic mass is 9.91. The van der Waals surface area contributed by atoms with Gasteiger partial charge < -0.3 is 15.4 Å². The monoisotopic (exact) mass is 298 g/mol. The van der Waals surface area contributed by atoms with Crippen LogP contribution >= 0.6 is 11.5 Å². The highest BCUT2D eigenvalue weighted by atomic mass is 32.1. The predicted octanol–water partition coefficient (Wildman–Crippen LogP) is 1.02. The number of carbonyl (C=O) groups excluding carboxylic acids is 1. The van der Waals surface area contributed by atoms with Gasteiger partial charge in [0.2, 0.25) is 0 Å². The van der Waals surface area contributed by atoms with Gasteiger partial charge >= 0.3 is 0 Å². The van der Waals surface area contributed by atoms with E-state index in [4.69, 9.17) is 10.5 Å². The molecule has 1 aliphatic rings. The molecular weight excluding hydrogens is 276 g/mol. The molecule has 1 aromatic heterocycles. The molecule has 2 heterocycles. The Kier molecular flexibility index (Phi) is 4.41. The second-order valence-electron chi connectivity index (χ2n) is 6.22. The van der Waals surface area contributed by atoms with Crippen molar-refractivity contribution < 1.29 is 9.53 Å². The van der Waals surface area contributed by atoms with Gasteiger partial charge in [-0.3, -0.25) is 4.79 Å². The van der Waals surface area contributed by atoms with Crippen molar-refractivity contribution in [3.05, 3.63) is 10.6 Å². The molecule has 1 aliphatic heterocycles. The number of nitrogens with two attached hydrogens (primary N) is 1. The Hall–Kier alpha value is -1.05. The van der Waals surface area contributed by atoms with Gasteiger partial charge in [0.1, 0.15) is 4.88 Å². The van der Waals surface area contributed by atoms with Crippen molar-refractivity contribution in [2.45, 2.75) is 45.3 Å². The molecule has 0 radical (unpaired) electrons. The Morgan fingerprint density at radius 2 is 2.25 bits per heavy atom. The lowest BCUT2D eigenvalue weighted by Gasteiger charge is -2.34. The number of hydrogen-bond donors (Lipinski definition) is 1. The average Bonchev–Trinajstić information content (AvgIpc) is 2.87. The highest BCUT2D eigenvalue weighted by Crippen LogP contribution is 2.27. The first kappa shape index (κ1) is 15.3. The largest absolute Gasteiger partial charge is 0.373 e. The first-order valence-corrected chi connectivity index (χ1v) is 7.57. The standard InChI is InChI=1S/C13H22N4O2S/c1-8(14)9-7-17(5-6-19-9)12(18)10-11(13(2,3)4)15-16-20-10/h8-9H,5-7,14H2,1-4H3. The number of aromatic nitrogens is 2. The summed E-state index contributed by atoms with van der Waals surface area (Å²) in [7, 11) is 0. The number of nitrogens with zero attached hydrogens (tertiary/aromatic N) is 3. The van der Waals surface area contributed by atoms with Crippen LogP contribution in [0.4, 0.5) is 0 Å². The fourth-order valence-corrected chi connectivity index (χ4v) is 2.99. The van der Waals surface area contributed by atoms with Crippen LogP contribution in [0, 0.1) is 0 Å². The van der Waals surface area contributed by atoms with Crippen molar-refractivity contribution in [1.82, 2.24) is 14.5 Å². The molecule has 1 amide bonds. The fraction of sp³-hybridized carbons (Fsp3) is 0.769. The van der Waals surface area contributed by atoms with Gasteiger partial charge in [0.25, 0.3) is 5.91 Å². The van der Waals surface area contributed by atoms with E-state index in [1.807, 2.05) is 27.7 Å². The lowest BCUT2D eigenvalue weighted by molar-refractivity contribution is -0.0299. The van der Waals surface area contributed by atoms with Crippen LogP contribution in [0.3, 0.4) is 0 Å². The predicted molar refractivity (Wildman–Crippen MR) is 77.9 cm³/mol. The van der Waals surface area contributed by atoms with E-state index < -0.39 is 0 Å². The second kappa shape index (κ2) is 5.75. The van der Waals surface area contributed by atoms with E-state index >= 15 is 0 Å². The molecule has 20 heavy (non-hydrogen) atoms. The molecule has 1 saturated heterocycles. The Balaban J connectivity index is 2.18. The summed E-state index contributed by atoms with van der Waals surface area (Å²) in [5, 5.41) is 4.12. The third kappa shape index (κ3) is 3.16. The van der Waals surface area contributed by atoms with E-state index in [0.29, 0.717) is 24.6 Å². The SMILES string of the molecule is CC(N)C1CN(C(=O)c2snnc2C(C)(C)C)CCO1. The van der Waals surface area contributed by atoms with E-state index in [1.54, 1.807) is 4.90 Å². The van der Waals surface area contributed by atoms with Crippen LogP contribution in [-0.2, 0) is 10.2 Å². The number of amides is 1. The minimum atomic E-state index is -0.190. The van der Waals surface area contributed by atoms with Crippen LogP contribution in [0.5, 0.6) is 0 Å². The molecule has 2 unspecified atom stereocenters. The number of hydrogen-bond acceptors (Lipinski definition) is 6. The lowest BCUT2D eigenvalue weighted by Crippen LogP contribution is -2.51. The van der Waals surface area contributed by atoms with E-state index in [0.717, 1.165) is 17.2 Å². The van der Waals surface area contributed by atoms with Gasteiger partial charge in [-0.2, -0.15) is 0 Å². The Morgan fingerprint density at radius 1 is 1.55 bits per heavy atom. The molecule has 2 N–H and O–H groups in total. The summed E-state index contributed by atoms with van der Waals surface area (Å²) < 4.78 is 9.53. The molecule has 1 fully saturated rings. The van der Waals surface area contributed by atoms with E-state index in [-0.39, 0.29) is 23.5 Å². The highest BCUT2D eigenvalue weighted by molar-refractivity contribution is 7.08. The quantitative estimate of drug-likeness (QED) is 0.881. The molecule has 0 aliphatic carbocycles. The normalized spacial score (nSPS) is 21.9. The topological polar surface area (TPSA) is 81.3 Å². The molecule has 0 aromatic carbocycles. The van der Waals surface area contributed by atoms with Crippen molar-refractivity contribution in [2.75, 3.05) is 19.7 Å². The Labute approximate surface area is 123 Å². The minimum absolute atomic E-state index is 0.0149. The summed E-state index contributed by atoms with van der Waals surface area (Å²) in [5.41, 5.74) is 6.43. The smallest absolute Gasteiger partial charge is 0.267 e. The number of ether oxygens (including phenoxy) is 1. The molecule has 1 aromatic rings. The first-order valence-electron chi connectivity index (χ1n) is 6.80. The average molecular weight is 298 g/mol. The zero-order valence-electron chi connectivity index (χ0n) is 12.4. The van der Waals surface area contributed by atoms with Crippen molar-refractivity contribution >= 4 is 17.4 Å². The van der Waals surface area contributed by atoms with Crippen LogP contribution in [0.1, 0.15) is 43.1 Å². The van der Waals surface area contributed by atoms with Crippen LogP contribution in [0.15, 0.2) is 0 Å². The molecule has 2 atom stereocenters.